The minimum absolute atomic E-state index is 0. The number of nitrogens with two attached hydrogens (primary N) is 1. The van der Waals surface area contributed by atoms with Crippen molar-refractivity contribution in [3.05, 3.63) is 18.2 Å². The van der Waals surface area contributed by atoms with Crippen molar-refractivity contribution >= 4 is 18.3 Å². The van der Waals surface area contributed by atoms with E-state index in [0.29, 0.717) is 30.4 Å². The molecule has 2 atom stereocenters. The van der Waals surface area contributed by atoms with E-state index >= 15 is 0 Å². The molecule has 1 aromatic carbocycles. The van der Waals surface area contributed by atoms with E-state index in [4.69, 9.17) is 19.9 Å². The third kappa shape index (κ3) is 5.80. The summed E-state index contributed by atoms with van der Waals surface area (Å²) in [6.45, 7) is 0.852. The first-order valence-electron chi connectivity index (χ1n) is 7.51. The molecule has 7 heteroatoms. The van der Waals surface area contributed by atoms with Crippen molar-refractivity contribution in [3.8, 4) is 17.2 Å². The molecule has 0 aliphatic heterocycles. The predicted molar refractivity (Wildman–Crippen MR) is 90.6 cm³/mol. The lowest BCUT2D eigenvalue weighted by Gasteiger charge is -2.12. The number of carbonyl (C=O) groups is 1. The van der Waals surface area contributed by atoms with Gasteiger partial charge in [-0.05, 0) is 19.3 Å². The Balaban J connectivity index is 0.00000264. The molecule has 0 spiro atoms. The van der Waals surface area contributed by atoms with Crippen LogP contribution in [0.15, 0.2) is 18.2 Å². The third-order valence-corrected chi connectivity index (χ3v) is 3.84. The molecule has 0 saturated heterocycles. The minimum Gasteiger partial charge on any atom is -0.496 e. The summed E-state index contributed by atoms with van der Waals surface area (Å²) in [5.41, 5.74) is 5.82. The molecule has 0 radical (unpaired) electrons. The van der Waals surface area contributed by atoms with Gasteiger partial charge >= 0.3 is 0 Å². The Bertz CT molecular complexity index is 491. The molecular formula is C16H25ClN2O4. The van der Waals surface area contributed by atoms with Gasteiger partial charge in [0, 0.05) is 30.2 Å². The van der Waals surface area contributed by atoms with E-state index in [9.17, 15) is 4.79 Å². The monoisotopic (exact) mass is 344 g/mol. The highest BCUT2D eigenvalue weighted by atomic mass is 35.5. The van der Waals surface area contributed by atoms with Crippen LogP contribution in [-0.4, -0.2) is 39.3 Å². The molecule has 2 unspecified atom stereocenters. The van der Waals surface area contributed by atoms with E-state index in [2.05, 4.69) is 5.32 Å². The Kier molecular flexibility index (Phi) is 7.98. The topological polar surface area (TPSA) is 82.8 Å². The Morgan fingerprint density at radius 2 is 1.78 bits per heavy atom. The quantitative estimate of drug-likeness (QED) is 0.736. The zero-order valence-corrected chi connectivity index (χ0v) is 14.4. The molecule has 1 aromatic rings. The van der Waals surface area contributed by atoms with Gasteiger partial charge in [-0.15, -0.1) is 12.4 Å². The van der Waals surface area contributed by atoms with Crippen LogP contribution in [0.25, 0.3) is 0 Å². The smallest absolute Gasteiger partial charge is 0.223 e. The van der Waals surface area contributed by atoms with E-state index < -0.39 is 0 Å². The van der Waals surface area contributed by atoms with Crippen LogP contribution in [0.5, 0.6) is 17.2 Å². The number of benzene rings is 1. The molecule has 3 N–H and O–H groups in total. The number of rotatable bonds is 7. The first kappa shape index (κ1) is 19.4. The number of hydrogen-bond acceptors (Lipinski definition) is 5. The highest BCUT2D eigenvalue weighted by Crippen LogP contribution is 2.27. The second-order valence-electron chi connectivity index (χ2n) is 5.46. The van der Waals surface area contributed by atoms with Gasteiger partial charge in [0.05, 0.1) is 20.8 Å². The van der Waals surface area contributed by atoms with E-state index in [-0.39, 0.29) is 30.3 Å². The van der Waals surface area contributed by atoms with Gasteiger partial charge in [-0.1, -0.05) is 0 Å². The summed E-state index contributed by atoms with van der Waals surface area (Å²) in [4.78, 5) is 11.9. The van der Waals surface area contributed by atoms with Gasteiger partial charge in [0.25, 0.3) is 0 Å². The van der Waals surface area contributed by atoms with E-state index in [1.54, 1.807) is 32.4 Å². The molecule has 6 nitrogen and oxygen atoms in total. The standard InChI is InChI=1S/C16H24N2O4.ClH/c1-20-13-8-14(21-2)10-15(9-13)22-6-5-18-16(19)11-3-4-12(17)7-11;/h8-12H,3-7,17H2,1-2H3,(H,18,19);1H. The summed E-state index contributed by atoms with van der Waals surface area (Å²) in [7, 11) is 3.18. The van der Waals surface area contributed by atoms with Gasteiger partial charge in [0.15, 0.2) is 0 Å². The fourth-order valence-corrected chi connectivity index (χ4v) is 2.61. The minimum atomic E-state index is 0. The summed E-state index contributed by atoms with van der Waals surface area (Å²) in [5.74, 6) is 2.09. The molecule has 1 aliphatic rings. The number of amides is 1. The fourth-order valence-electron chi connectivity index (χ4n) is 2.61. The van der Waals surface area contributed by atoms with Crippen LogP contribution >= 0.6 is 12.4 Å². The van der Waals surface area contributed by atoms with Gasteiger partial charge in [0.2, 0.25) is 5.91 Å². The highest BCUT2D eigenvalue weighted by Gasteiger charge is 2.27. The molecule has 0 aromatic heterocycles. The van der Waals surface area contributed by atoms with Gasteiger partial charge in [0.1, 0.15) is 23.9 Å². The number of ether oxygens (including phenoxy) is 3. The lowest BCUT2D eigenvalue weighted by atomic mass is 10.1. The van der Waals surface area contributed by atoms with Crippen molar-refractivity contribution in [1.29, 1.82) is 0 Å². The van der Waals surface area contributed by atoms with Crippen molar-refractivity contribution in [3.63, 3.8) is 0 Å². The van der Waals surface area contributed by atoms with Crippen LogP contribution < -0.4 is 25.3 Å². The maximum Gasteiger partial charge on any atom is 0.223 e. The second kappa shape index (κ2) is 9.47. The number of methoxy groups -OCH3 is 2. The number of halogens is 1. The predicted octanol–water partition coefficient (Wildman–Crippen LogP) is 1.75. The Morgan fingerprint density at radius 3 is 2.30 bits per heavy atom. The van der Waals surface area contributed by atoms with Gasteiger partial charge < -0.3 is 25.3 Å². The molecule has 1 amide bonds. The Hall–Kier alpha value is -1.66. The van der Waals surface area contributed by atoms with Crippen LogP contribution in [0.1, 0.15) is 19.3 Å². The van der Waals surface area contributed by atoms with Crippen molar-refractivity contribution in [2.24, 2.45) is 11.7 Å². The summed E-state index contributed by atoms with van der Waals surface area (Å²) in [6.07, 6.45) is 2.58. The summed E-state index contributed by atoms with van der Waals surface area (Å²) < 4.78 is 16.0. The van der Waals surface area contributed by atoms with Crippen LogP contribution in [0, 0.1) is 5.92 Å². The molecule has 2 rings (SSSR count). The molecule has 1 fully saturated rings. The van der Waals surface area contributed by atoms with Crippen LogP contribution in [0.4, 0.5) is 0 Å². The van der Waals surface area contributed by atoms with Crippen molar-refractivity contribution < 1.29 is 19.0 Å². The Labute approximate surface area is 143 Å². The van der Waals surface area contributed by atoms with Crippen molar-refractivity contribution in [1.82, 2.24) is 5.32 Å². The molecule has 23 heavy (non-hydrogen) atoms. The summed E-state index contributed by atoms with van der Waals surface area (Å²) in [5, 5.41) is 2.89. The summed E-state index contributed by atoms with van der Waals surface area (Å²) >= 11 is 0. The Morgan fingerprint density at radius 1 is 1.17 bits per heavy atom. The highest BCUT2D eigenvalue weighted by molar-refractivity contribution is 5.85. The molecule has 1 saturated carbocycles. The maximum atomic E-state index is 11.9. The zero-order chi connectivity index (χ0) is 15.9. The van der Waals surface area contributed by atoms with E-state index in [1.807, 2.05) is 0 Å². The maximum absolute atomic E-state index is 11.9. The average Bonchev–Trinajstić information content (AvgIpc) is 2.97. The summed E-state index contributed by atoms with van der Waals surface area (Å²) in [6, 6.07) is 5.50. The lowest BCUT2D eigenvalue weighted by molar-refractivity contribution is -0.124. The number of hydrogen-bond donors (Lipinski definition) is 2. The third-order valence-electron chi connectivity index (χ3n) is 3.84. The first-order chi connectivity index (χ1) is 10.6. The van der Waals surface area contributed by atoms with Gasteiger partial charge in [-0.3, -0.25) is 4.79 Å². The number of carbonyl (C=O) groups excluding carboxylic acids is 1. The van der Waals surface area contributed by atoms with Crippen molar-refractivity contribution in [2.75, 3.05) is 27.4 Å². The van der Waals surface area contributed by atoms with E-state index in [1.165, 1.54) is 0 Å². The van der Waals surface area contributed by atoms with Crippen LogP contribution in [0.2, 0.25) is 0 Å². The number of nitrogens with one attached hydrogen (secondary N) is 1. The van der Waals surface area contributed by atoms with E-state index in [0.717, 1.165) is 19.3 Å². The fraction of sp³-hybridized carbons (Fsp3) is 0.562. The zero-order valence-electron chi connectivity index (χ0n) is 13.5. The largest absolute Gasteiger partial charge is 0.496 e. The molecule has 0 heterocycles. The normalized spacial score (nSPS) is 19.6. The first-order valence-corrected chi connectivity index (χ1v) is 7.51. The van der Waals surface area contributed by atoms with Gasteiger partial charge in [-0.2, -0.15) is 0 Å². The second-order valence-corrected chi connectivity index (χ2v) is 5.46. The van der Waals surface area contributed by atoms with Crippen LogP contribution in [0.3, 0.4) is 0 Å². The average molecular weight is 345 g/mol. The van der Waals surface area contributed by atoms with Crippen LogP contribution in [-0.2, 0) is 4.79 Å². The lowest BCUT2D eigenvalue weighted by Crippen LogP contribution is -2.33. The van der Waals surface area contributed by atoms with Crippen molar-refractivity contribution in [2.45, 2.75) is 25.3 Å². The molecular weight excluding hydrogens is 320 g/mol. The SMILES string of the molecule is COc1cc(OC)cc(OCCNC(=O)C2CCC(N)C2)c1.Cl. The molecule has 1 aliphatic carbocycles. The molecule has 0 bridgehead atoms. The van der Waals surface area contributed by atoms with Gasteiger partial charge in [-0.25, -0.2) is 0 Å². The molecule has 130 valence electrons.